The van der Waals surface area contributed by atoms with Crippen LogP contribution in [0.2, 0.25) is 0 Å². The third kappa shape index (κ3) is 2.58. The highest BCUT2D eigenvalue weighted by Crippen LogP contribution is 2.31. The lowest BCUT2D eigenvalue weighted by molar-refractivity contribution is 0.102. The zero-order valence-corrected chi connectivity index (χ0v) is 11.6. The fourth-order valence-corrected chi connectivity index (χ4v) is 3.48. The summed E-state index contributed by atoms with van der Waals surface area (Å²) in [4.78, 5) is 13.8. The van der Waals surface area contributed by atoms with Gasteiger partial charge >= 0.3 is 0 Å². The highest BCUT2D eigenvalue weighted by atomic mass is 15.2. The zero-order valence-electron chi connectivity index (χ0n) is 11.6. The number of rotatable bonds is 2. The van der Waals surface area contributed by atoms with Crippen molar-refractivity contribution in [1.82, 2.24) is 14.9 Å². The number of nitrogens with two attached hydrogens (primary N) is 1. The van der Waals surface area contributed by atoms with E-state index in [4.69, 9.17) is 5.73 Å². The molecule has 104 valence electrons. The van der Waals surface area contributed by atoms with Crippen LogP contribution in [0.3, 0.4) is 0 Å². The molecule has 2 aliphatic heterocycles. The Morgan fingerprint density at radius 2 is 2.16 bits per heavy atom. The van der Waals surface area contributed by atoms with Gasteiger partial charge in [-0.3, -0.25) is 4.98 Å². The van der Waals surface area contributed by atoms with Gasteiger partial charge in [0.05, 0.1) is 18.1 Å². The van der Waals surface area contributed by atoms with Crippen molar-refractivity contribution in [2.24, 2.45) is 11.7 Å². The molecular formula is C14H23N5. The summed E-state index contributed by atoms with van der Waals surface area (Å²) >= 11 is 0. The highest BCUT2D eigenvalue weighted by molar-refractivity contribution is 5.37. The number of piperidine rings is 2. The Balaban J connectivity index is 1.69. The molecule has 0 bridgehead atoms. The third-order valence-corrected chi connectivity index (χ3v) is 4.57. The number of fused-ring (bicyclic) bond motifs is 1. The van der Waals surface area contributed by atoms with Crippen LogP contribution < -0.4 is 10.6 Å². The predicted molar refractivity (Wildman–Crippen MR) is 75.9 cm³/mol. The van der Waals surface area contributed by atoms with E-state index < -0.39 is 0 Å². The molecule has 5 heteroatoms. The summed E-state index contributed by atoms with van der Waals surface area (Å²) in [6.45, 7) is 3.92. The van der Waals surface area contributed by atoms with Crippen molar-refractivity contribution in [3.8, 4) is 0 Å². The molecule has 2 atom stereocenters. The van der Waals surface area contributed by atoms with Crippen LogP contribution >= 0.6 is 0 Å². The molecule has 0 aromatic carbocycles. The van der Waals surface area contributed by atoms with E-state index >= 15 is 0 Å². The Morgan fingerprint density at radius 1 is 1.26 bits per heavy atom. The first-order valence-corrected chi connectivity index (χ1v) is 7.24. The van der Waals surface area contributed by atoms with Gasteiger partial charge in [-0.15, -0.1) is 0 Å². The monoisotopic (exact) mass is 261 g/mol. The largest absolute Gasteiger partial charge is 0.355 e. The van der Waals surface area contributed by atoms with Gasteiger partial charge in [-0.2, -0.15) is 0 Å². The topological polar surface area (TPSA) is 58.3 Å². The summed E-state index contributed by atoms with van der Waals surface area (Å²) in [5, 5.41) is 0. The summed E-state index contributed by atoms with van der Waals surface area (Å²) in [6, 6.07) is 0.765. The normalized spacial score (nSPS) is 28.2. The summed E-state index contributed by atoms with van der Waals surface area (Å²) in [5.74, 6) is 1.78. The molecule has 3 rings (SSSR count). The molecule has 0 amide bonds. The first kappa shape index (κ1) is 12.8. The molecule has 0 radical (unpaired) electrons. The summed E-state index contributed by atoms with van der Waals surface area (Å²) in [7, 11) is 2.27. The molecule has 0 aliphatic carbocycles. The average molecular weight is 261 g/mol. The minimum Gasteiger partial charge on any atom is -0.355 e. The molecule has 2 fully saturated rings. The molecule has 19 heavy (non-hydrogen) atoms. The Bertz CT molecular complexity index is 418. The average Bonchev–Trinajstić information content (AvgIpc) is 2.47. The summed E-state index contributed by atoms with van der Waals surface area (Å²) < 4.78 is 0. The van der Waals surface area contributed by atoms with Crippen LogP contribution in [-0.4, -0.2) is 47.6 Å². The summed E-state index contributed by atoms with van der Waals surface area (Å²) in [5.41, 5.74) is 6.42. The van der Waals surface area contributed by atoms with Crippen molar-refractivity contribution in [1.29, 1.82) is 0 Å². The second kappa shape index (κ2) is 5.43. The van der Waals surface area contributed by atoms with E-state index in [1.165, 1.54) is 25.8 Å². The highest BCUT2D eigenvalue weighted by Gasteiger charge is 2.34. The first-order chi connectivity index (χ1) is 9.28. The molecule has 0 spiro atoms. The Kier molecular flexibility index (Phi) is 3.66. The van der Waals surface area contributed by atoms with E-state index in [9.17, 15) is 0 Å². The maximum Gasteiger partial charge on any atom is 0.147 e. The molecule has 3 heterocycles. The van der Waals surface area contributed by atoms with Crippen LogP contribution in [0.25, 0.3) is 0 Å². The number of aromatic nitrogens is 2. The summed E-state index contributed by atoms with van der Waals surface area (Å²) in [6.07, 6.45) is 7.58. The van der Waals surface area contributed by atoms with Crippen molar-refractivity contribution < 1.29 is 0 Å². The number of hydrogen-bond donors (Lipinski definition) is 1. The lowest BCUT2D eigenvalue weighted by Gasteiger charge is -2.46. The first-order valence-electron chi connectivity index (χ1n) is 7.24. The van der Waals surface area contributed by atoms with E-state index in [1.807, 2.05) is 6.20 Å². The minimum absolute atomic E-state index is 0.461. The Morgan fingerprint density at radius 3 is 2.89 bits per heavy atom. The van der Waals surface area contributed by atoms with Gasteiger partial charge in [0, 0.05) is 25.7 Å². The van der Waals surface area contributed by atoms with E-state index in [2.05, 4.69) is 26.8 Å². The molecule has 1 aromatic heterocycles. The van der Waals surface area contributed by atoms with Gasteiger partial charge in [0.15, 0.2) is 0 Å². The smallest absolute Gasteiger partial charge is 0.147 e. The van der Waals surface area contributed by atoms with Crippen LogP contribution in [0.1, 0.15) is 25.0 Å². The van der Waals surface area contributed by atoms with E-state index in [0.29, 0.717) is 6.54 Å². The molecule has 5 nitrogen and oxygen atoms in total. The van der Waals surface area contributed by atoms with E-state index in [-0.39, 0.29) is 0 Å². The second-order valence-electron chi connectivity index (χ2n) is 5.76. The van der Waals surface area contributed by atoms with Gasteiger partial charge in [-0.25, -0.2) is 4.98 Å². The van der Waals surface area contributed by atoms with Crippen molar-refractivity contribution in [3.63, 3.8) is 0 Å². The van der Waals surface area contributed by atoms with Gasteiger partial charge in [0.25, 0.3) is 0 Å². The Hall–Kier alpha value is -1.20. The molecule has 2 saturated heterocycles. The van der Waals surface area contributed by atoms with E-state index in [0.717, 1.165) is 36.6 Å². The van der Waals surface area contributed by atoms with Crippen LogP contribution in [-0.2, 0) is 6.54 Å². The number of nitrogens with zero attached hydrogens (tertiary/aromatic N) is 4. The lowest BCUT2D eigenvalue weighted by Crippen LogP contribution is -2.52. The maximum absolute atomic E-state index is 5.56. The molecule has 2 N–H and O–H groups in total. The second-order valence-corrected chi connectivity index (χ2v) is 5.76. The molecule has 2 aliphatic rings. The SMILES string of the molecule is CN1CCCC2CN(c3cnc(CN)cn3)CCC21. The quantitative estimate of drug-likeness (QED) is 0.855. The van der Waals surface area contributed by atoms with Crippen molar-refractivity contribution in [2.45, 2.75) is 31.8 Å². The van der Waals surface area contributed by atoms with Gasteiger partial charge < -0.3 is 15.5 Å². The maximum atomic E-state index is 5.56. The molecular weight excluding hydrogens is 238 g/mol. The number of hydrogen-bond acceptors (Lipinski definition) is 5. The lowest BCUT2D eigenvalue weighted by atomic mass is 9.84. The zero-order chi connectivity index (χ0) is 13.2. The van der Waals surface area contributed by atoms with E-state index in [1.54, 1.807) is 6.20 Å². The minimum atomic E-state index is 0.461. The van der Waals surface area contributed by atoms with Crippen LogP contribution in [0.4, 0.5) is 5.82 Å². The van der Waals surface area contributed by atoms with Gasteiger partial charge in [-0.05, 0) is 38.8 Å². The molecule has 2 unspecified atom stereocenters. The van der Waals surface area contributed by atoms with Crippen LogP contribution in [0.5, 0.6) is 0 Å². The number of anilines is 1. The van der Waals surface area contributed by atoms with Crippen LogP contribution in [0.15, 0.2) is 12.4 Å². The predicted octanol–water partition coefficient (Wildman–Crippen LogP) is 0.856. The van der Waals surface area contributed by atoms with Gasteiger partial charge in [-0.1, -0.05) is 0 Å². The molecule has 1 aromatic rings. The molecule has 0 saturated carbocycles. The van der Waals surface area contributed by atoms with Gasteiger partial charge in [0.2, 0.25) is 0 Å². The van der Waals surface area contributed by atoms with Crippen molar-refractivity contribution in [3.05, 3.63) is 18.1 Å². The van der Waals surface area contributed by atoms with Crippen molar-refractivity contribution in [2.75, 3.05) is 31.6 Å². The van der Waals surface area contributed by atoms with Crippen LogP contribution in [0, 0.1) is 5.92 Å². The number of likely N-dealkylation sites (tertiary alicyclic amines) is 1. The fourth-order valence-electron chi connectivity index (χ4n) is 3.48. The standard InChI is InChI=1S/C14H23N5/c1-18-5-2-3-11-10-19(6-4-13(11)18)14-9-16-12(7-15)8-17-14/h8-9,11,13H,2-7,10,15H2,1H3. The fraction of sp³-hybridized carbons (Fsp3) is 0.714. The Labute approximate surface area is 114 Å². The van der Waals surface area contributed by atoms with Crippen molar-refractivity contribution >= 4 is 5.82 Å². The van der Waals surface area contributed by atoms with Gasteiger partial charge in [0.1, 0.15) is 5.82 Å². The third-order valence-electron chi connectivity index (χ3n) is 4.57.